The lowest BCUT2D eigenvalue weighted by Crippen LogP contribution is -2.48. The number of carbonyl (C=O) groups is 2. The van der Waals surface area contributed by atoms with Crippen LogP contribution in [0, 0.1) is 0 Å². The SMILES string of the molecule is O=C(CSc1nnnn1-c1ccc(Br)cc1)Nc1ccc(N2CCN(C(=O)c3cccc(Cl)c3)CC2)cc1. The Morgan fingerprint density at radius 1 is 0.947 bits per heavy atom. The fourth-order valence-electron chi connectivity index (χ4n) is 4.07. The number of amides is 2. The highest BCUT2D eigenvalue weighted by Gasteiger charge is 2.22. The number of tetrazole rings is 1. The second kappa shape index (κ2) is 12.0. The Labute approximate surface area is 237 Å². The van der Waals surface area contributed by atoms with E-state index in [9.17, 15) is 9.59 Å². The van der Waals surface area contributed by atoms with E-state index in [4.69, 9.17) is 11.6 Å². The van der Waals surface area contributed by atoms with E-state index in [2.05, 4.69) is 41.7 Å². The molecule has 12 heteroatoms. The monoisotopic (exact) mass is 611 g/mol. The fraction of sp³-hybridized carbons (Fsp3) is 0.192. The van der Waals surface area contributed by atoms with Crippen LogP contribution in [-0.4, -0.2) is 68.9 Å². The number of hydrogen-bond acceptors (Lipinski definition) is 7. The van der Waals surface area contributed by atoms with Gasteiger partial charge in [-0.05, 0) is 77.2 Å². The minimum Gasteiger partial charge on any atom is -0.368 e. The van der Waals surface area contributed by atoms with Gasteiger partial charge in [0.1, 0.15) is 0 Å². The number of hydrogen-bond donors (Lipinski definition) is 1. The van der Waals surface area contributed by atoms with Gasteiger partial charge in [0.2, 0.25) is 11.1 Å². The second-order valence-corrected chi connectivity index (χ2v) is 10.8. The normalized spacial score (nSPS) is 13.4. The summed E-state index contributed by atoms with van der Waals surface area (Å²) in [6.45, 7) is 2.70. The van der Waals surface area contributed by atoms with Gasteiger partial charge in [-0.3, -0.25) is 9.59 Å². The van der Waals surface area contributed by atoms with Gasteiger partial charge in [-0.1, -0.05) is 45.4 Å². The summed E-state index contributed by atoms with van der Waals surface area (Å²) < 4.78 is 2.56. The molecule has 38 heavy (non-hydrogen) atoms. The third-order valence-electron chi connectivity index (χ3n) is 6.00. The first-order valence-corrected chi connectivity index (χ1v) is 14.0. The van der Waals surface area contributed by atoms with Gasteiger partial charge in [0.15, 0.2) is 0 Å². The first-order chi connectivity index (χ1) is 18.5. The largest absolute Gasteiger partial charge is 0.368 e. The molecule has 0 spiro atoms. The number of rotatable bonds is 7. The van der Waals surface area contributed by atoms with Crippen molar-refractivity contribution in [2.75, 3.05) is 42.1 Å². The number of nitrogens with one attached hydrogen (secondary N) is 1. The van der Waals surface area contributed by atoms with Crippen molar-refractivity contribution in [3.63, 3.8) is 0 Å². The lowest BCUT2D eigenvalue weighted by atomic mass is 10.1. The smallest absolute Gasteiger partial charge is 0.254 e. The molecule has 2 amide bonds. The van der Waals surface area contributed by atoms with Gasteiger partial charge in [-0.25, -0.2) is 0 Å². The fourth-order valence-corrected chi connectivity index (χ4v) is 5.21. The quantitative estimate of drug-likeness (QED) is 0.300. The summed E-state index contributed by atoms with van der Waals surface area (Å²) in [7, 11) is 0. The molecule has 0 atom stereocenters. The van der Waals surface area contributed by atoms with E-state index in [1.54, 1.807) is 28.9 Å². The van der Waals surface area contributed by atoms with Gasteiger partial charge in [-0.15, -0.1) is 5.10 Å². The number of piperazine rings is 1. The molecule has 5 rings (SSSR count). The van der Waals surface area contributed by atoms with Crippen LogP contribution >= 0.6 is 39.3 Å². The summed E-state index contributed by atoms with van der Waals surface area (Å²) >= 11 is 10.7. The van der Waals surface area contributed by atoms with Crippen molar-refractivity contribution < 1.29 is 9.59 Å². The van der Waals surface area contributed by atoms with Gasteiger partial charge in [0.05, 0.1) is 11.4 Å². The molecular formula is C26H23BrClN7O2S. The molecule has 4 aromatic rings. The zero-order chi connectivity index (χ0) is 26.5. The van der Waals surface area contributed by atoms with Crippen LogP contribution in [0.5, 0.6) is 0 Å². The summed E-state index contributed by atoms with van der Waals surface area (Å²) in [4.78, 5) is 29.4. The topological polar surface area (TPSA) is 96.2 Å². The van der Waals surface area contributed by atoms with Crippen molar-refractivity contribution in [1.29, 1.82) is 0 Å². The van der Waals surface area contributed by atoms with Crippen molar-refractivity contribution in [2.24, 2.45) is 0 Å². The Hall–Kier alpha value is -3.41. The van der Waals surface area contributed by atoms with E-state index < -0.39 is 0 Å². The molecule has 0 aliphatic carbocycles. The lowest BCUT2D eigenvalue weighted by Gasteiger charge is -2.36. The second-order valence-electron chi connectivity index (χ2n) is 8.52. The molecule has 1 N–H and O–H groups in total. The minimum absolute atomic E-state index is 0.00560. The van der Waals surface area contributed by atoms with E-state index in [-0.39, 0.29) is 17.6 Å². The van der Waals surface area contributed by atoms with Crippen LogP contribution in [0.25, 0.3) is 5.69 Å². The first kappa shape index (κ1) is 26.2. The van der Waals surface area contributed by atoms with E-state index in [0.717, 1.165) is 28.9 Å². The van der Waals surface area contributed by atoms with Crippen LogP contribution in [0.15, 0.2) is 82.4 Å². The molecule has 3 aromatic carbocycles. The minimum atomic E-state index is -0.152. The van der Waals surface area contributed by atoms with Gasteiger partial charge in [0.25, 0.3) is 5.91 Å². The van der Waals surface area contributed by atoms with Crippen molar-refractivity contribution in [3.05, 3.63) is 87.9 Å². The highest BCUT2D eigenvalue weighted by atomic mass is 79.9. The van der Waals surface area contributed by atoms with Crippen molar-refractivity contribution >= 4 is 62.5 Å². The van der Waals surface area contributed by atoms with Crippen LogP contribution in [-0.2, 0) is 4.79 Å². The Morgan fingerprint density at radius 3 is 2.37 bits per heavy atom. The average Bonchev–Trinajstić information content (AvgIpc) is 3.41. The van der Waals surface area contributed by atoms with E-state index in [0.29, 0.717) is 34.5 Å². The summed E-state index contributed by atoms with van der Waals surface area (Å²) in [5.74, 6) is 0.0107. The standard InChI is InChI=1S/C26H23BrClN7O2S/c27-19-4-8-23(9-5-19)35-26(30-31-32-35)38-17-24(36)29-21-6-10-22(11-7-21)33-12-14-34(15-13-33)25(37)18-2-1-3-20(28)16-18/h1-11,16H,12-15,17H2,(H,29,36). The van der Waals surface area contributed by atoms with Crippen molar-refractivity contribution in [3.8, 4) is 5.69 Å². The maximum absolute atomic E-state index is 12.8. The van der Waals surface area contributed by atoms with Crippen molar-refractivity contribution in [2.45, 2.75) is 5.16 Å². The van der Waals surface area contributed by atoms with E-state index >= 15 is 0 Å². The van der Waals surface area contributed by atoms with E-state index in [1.807, 2.05) is 53.4 Å². The van der Waals surface area contributed by atoms with Gasteiger partial charge < -0.3 is 15.1 Å². The Bertz CT molecular complexity index is 1420. The summed E-state index contributed by atoms with van der Waals surface area (Å²) in [5.41, 5.74) is 3.17. The number of anilines is 2. The number of thioether (sulfide) groups is 1. The van der Waals surface area contributed by atoms with Crippen LogP contribution in [0.3, 0.4) is 0 Å². The molecule has 0 unspecified atom stereocenters. The highest BCUT2D eigenvalue weighted by Crippen LogP contribution is 2.23. The predicted molar refractivity (Wildman–Crippen MR) is 152 cm³/mol. The Kier molecular flexibility index (Phi) is 8.26. The molecular weight excluding hydrogens is 590 g/mol. The number of nitrogens with zero attached hydrogens (tertiary/aromatic N) is 6. The average molecular weight is 613 g/mol. The van der Waals surface area contributed by atoms with Gasteiger partial charge >= 0.3 is 0 Å². The number of carbonyl (C=O) groups excluding carboxylic acids is 2. The zero-order valence-electron chi connectivity index (χ0n) is 20.1. The molecule has 1 aliphatic rings. The molecule has 1 fully saturated rings. The van der Waals surface area contributed by atoms with Crippen molar-refractivity contribution in [1.82, 2.24) is 25.1 Å². The van der Waals surface area contributed by atoms with Crippen LogP contribution in [0.4, 0.5) is 11.4 Å². The molecule has 1 aliphatic heterocycles. The van der Waals surface area contributed by atoms with Gasteiger partial charge in [0, 0.05) is 52.6 Å². The molecule has 0 saturated carbocycles. The predicted octanol–water partition coefficient (Wildman–Crippen LogP) is 4.77. The Balaban J connectivity index is 1.11. The van der Waals surface area contributed by atoms with Crippen LogP contribution < -0.4 is 10.2 Å². The number of halogens is 2. The molecule has 9 nitrogen and oxygen atoms in total. The molecule has 0 radical (unpaired) electrons. The maximum Gasteiger partial charge on any atom is 0.254 e. The number of aromatic nitrogens is 4. The molecule has 194 valence electrons. The molecule has 1 saturated heterocycles. The molecule has 1 aromatic heterocycles. The first-order valence-electron chi connectivity index (χ1n) is 11.8. The summed E-state index contributed by atoms with van der Waals surface area (Å²) in [5, 5.41) is 15.8. The third-order valence-corrected chi connectivity index (χ3v) is 7.68. The molecule has 2 heterocycles. The van der Waals surface area contributed by atoms with E-state index in [1.165, 1.54) is 11.8 Å². The van der Waals surface area contributed by atoms with Crippen LogP contribution in [0.2, 0.25) is 5.02 Å². The molecule has 0 bridgehead atoms. The lowest BCUT2D eigenvalue weighted by molar-refractivity contribution is -0.113. The zero-order valence-corrected chi connectivity index (χ0v) is 23.3. The summed E-state index contributed by atoms with van der Waals surface area (Å²) in [6, 6.07) is 22.4. The Morgan fingerprint density at radius 2 is 1.66 bits per heavy atom. The van der Waals surface area contributed by atoms with Crippen LogP contribution in [0.1, 0.15) is 10.4 Å². The highest BCUT2D eigenvalue weighted by molar-refractivity contribution is 9.10. The van der Waals surface area contributed by atoms with Gasteiger partial charge in [-0.2, -0.15) is 4.68 Å². The maximum atomic E-state index is 12.8. The number of benzene rings is 3. The summed E-state index contributed by atoms with van der Waals surface area (Å²) in [6.07, 6.45) is 0. The third kappa shape index (κ3) is 6.35.